The van der Waals surface area contributed by atoms with Gasteiger partial charge in [0.2, 0.25) is 0 Å². The number of likely N-dealkylation sites (N-methyl/N-ethyl adjacent to an activating group) is 1. The minimum absolute atomic E-state index is 0.247. The molecule has 0 bridgehead atoms. The first-order valence-corrected chi connectivity index (χ1v) is 6.50. The summed E-state index contributed by atoms with van der Waals surface area (Å²) in [5, 5.41) is 0. The van der Waals surface area contributed by atoms with Crippen LogP contribution in [-0.2, 0) is 14.3 Å². The van der Waals surface area contributed by atoms with E-state index in [4.69, 9.17) is 9.47 Å². The van der Waals surface area contributed by atoms with Gasteiger partial charge < -0.3 is 14.4 Å². The Labute approximate surface area is 126 Å². The zero-order chi connectivity index (χ0) is 16.4. The zero-order valence-corrected chi connectivity index (χ0v) is 12.7. The van der Waals surface area contributed by atoms with Crippen molar-refractivity contribution in [3.63, 3.8) is 0 Å². The molecule has 0 radical (unpaired) electrons. The molecule has 0 N–H and O–H groups in total. The van der Waals surface area contributed by atoms with E-state index in [0.717, 1.165) is 12.1 Å². The number of amidine groups is 1. The molecule has 1 aromatic carbocycles. The van der Waals surface area contributed by atoms with E-state index >= 15 is 0 Å². The fourth-order valence-corrected chi connectivity index (χ4v) is 2.42. The van der Waals surface area contributed by atoms with Gasteiger partial charge in [0.1, 0.15) is 0 Å². The SMILES string of the molecule is COC(=O)C1=C(C)N=C(OC)N(C)[C@@H]1c1ccc(F)c(F)c1. The fraction of sp³-hybridized carbons (Fsp3) is 0.333. The summed E-state index contributed by atoms with van der Waals surface area (Å²) in [6, 6.07) is 3.05. The number of ether oxygens (including phenoxy) is 2. The molecule has 2 rings (SSSR count). The Kier molecular flexibility index (Phi) is 4.44. The quantitative estimate of drug-likeness (QED) is 0.787. The van der Waals surface area contributed by atoms with Crippen LogP contribution in [0.4, 0.5) is 8.78 Å². The molecule has 1 aromatic rings. The van der Waals surface area contributed by atoms with Gasteiger partial charge in [-0.3, -0.25) is 0 Å². The molecular weight excluding hydrogens is 294 g/mol. The van der Waals surface area contributed by atoms with Crippen LogP contribution in [0.2, 0.25) is 0 Å². The van der Waals surface area contributed by atoms with Crippen molar-refractivity contribution < 1.29 is 23.0 Å². The Balaban J connectivity index is 2.61. The normalized spacial score (nSPS) is 18.2. The summed E-state index contributed by atoms with van der Waals surface area (Å²) in [4.78, 5) is 17.8. The topological polar surface area (TPSA) is 51.1 Å². The van der Waals surface area contributed by atoms with Crippen molar-refractivity contribution in [2.75, 3.05) is 21.3 Å². The van der Waals surface area contributed by atoms with Crippen LogP contribution in [-0.4, -0.2) is 38.2 Å². The summed E-state index contributed by atoms with van der Waals surface area (Å²) in [5.74, 6) is -2.53. The van der Waals surface area contributed by atoms with E-state index in [1.807, 2.05) is 0 Å². The van der Waals surface area contributed by atoms with Crippen LogP contribution in [0.1, 0.15) is 18.5 Å². The van der Waals surface area contributed by atoms with E-state index in [-0.39, 0.29) is 11.6 Å². The predicted molar refractivity (Wildman–Crippen MR) is 76.0 cm³/mol. The van der Waals surface area contributed by atoms with Crippen LogP contribution in [0.25, 0.3) is 0 Å². The van der Waals surface area contributed by atoms with Gasteiger partial charge in [0.15, 0.2) is 11.6 Å². The van der Waals surface area contributed by atoms with Crippen LogP contribution in [0.15, 0.2) is 34.5 Å². The van der Waals surface area contributed by atoms with Crippen LogP contribution < -0.4 is 0 Å². The van der Waals surface area contributed by atoms with Crippen molar-refractivity contribution in [3.8, 4) is 0 Å². The summed E-state index contributed by atoms with van der Waals surface area (Å²) >= 11 is 0. The number of carbonyl (C=O) groups excluding carboxylic acids is 1. The van der Waals surface area contributed by atoms with Gasteiger partial charge in [-0.2, -0.15) is 0 Å². The second-order valence-corrected chi connectivity index (χ2v) is 4.78. The average molecular weight is 310 g/mol. The van der Waals surface area contributed by atoms with E-state index in [0.29, 0.717) is 11.3 Å². The van der Waals surface area contributed by atoms with Crippen molar-refractivity contribution in [1.29, 1.82) is 0 Å². The molecule has 0 saturated heterocycles. The number of methoxy groups -OCH3 is 2. The monoisotopic (exact) mass is 310 g/mol. The Morgan fingerprint density at radius 1 is 1.27 bits per heavy atom. The maximum atomic E-state index is 13.6. The molecule has 0 amide bonds. The number of hydrogen-bond acceptors (Lipinski definition) is 5. The van der Waals surface area contributed by atoms with E-state index in [2.05, 4.69) is 4.99 Å². The van der Waals surface area contributed by atoms with Crippen LogP contribution >= 0.6 is 0 Å². The second-order valence-electron chi connectivity index (χ2n) is 4.78. The Morgan fingerprint density at radius 2 is 1.95 bits per heavy atom. The van der Waals surface area contributed by atoms with Gasteiger partial charge in [0, 0.05) is 7.05 Å². The lowest BCUT2D eigenvalue weighted by molar-refractivity contribution is -0.136. The molecule has 1 atom stereocenters. The molecule has 0 unspecified atom stereocenters. The second kappa shape index (κ2) is 6.13. The van der Waals surface area contributed by atoms with Gasteiger partial charge >= 0.3 is 5.97 Å². The molecule has 5 nitrogen and oxygen atoms in total. The third-order valence-corrected chi connectivity index (χ3v) is 3.46. The van der Waals surface area contributed by atoms with Gasteiger partial charge in [-0.15, -0.1) is 0 Å². The van der Waals surface area contributed by atoms with E-state index in [1.165, 1.54) is 20.3 Å². The van der Waals surface area contributed by atoms with Crippen molar-refractivity contribution >= 4 is 12.0 Å². The number of carbonyl (C=O) groups is 1. The van der Waals surface area contributed by atoms with E-state index < -0.39 is 23.6 Å². The molecule has 1 aliphatic rings. The first kappa shape index (κ1) is 15.9. The van der Waals surface area contributed by atoms with Gasteiger partial charge in [-0.05, 0) is 24.6 Å². The third kappa shape index (κ3) is 2.66. The Bertz CT molecular complexity index is 671. The minimum Gasteiger partial charge on any atom is -0.468 e. The van der Waals surface area contributed by atoms with Crippen molar-refractivity contribution in [1.82, 2.24) is 4.90 Å². The standard InChI is InChI=1S/C15H16F2N2O3/c1-8-12(14(20)21-3)13(19(2)15(18-8)22-4)9-5-6-10(16)11(17)7-9/h5-7,13H,1-4H3/t13-/m1/s1. The number of hydrogen-bond donors (Lipinski definition) is 0. The predicted octanol–water partition coefficient (Wildman–Crippen LogP) is 2.40. The van der Waals surface area contributed by atoms with Gasteiger partial charge in [0.05, 0.1) is 31.5 Å². The fourth-order valence-electron chi connectivity index (χ4n) is 2.42. The molecular formula is C15H16F2N2O3. The lowest BCUT2D eigenvalue weighted by Gasteiger charge is -2.34. The third-order valence-electron chi connectivity index (χ3n) is 3.46. The number of allylic oxidation sites excluding steroid dienone is 1. The molecule has 1 aliphatic heterocycles. The number of halogens is 2. The molecule has 0 aromatic heterocycles. The van der Waals surface area contributed by atoms with Gasteiger partial charge in [-0.1, -0.05) is 6.07 Å². The summed E-state index contributed by atoms with van der Waals surface area (Å²) in [5.41, 5.74) is 1.04. The number of benzene rings is 1. The number of rotatable bonds is 2. The van der Waals surface area contributed by atoms with Crippen LogP contribution in [0, 0.1) is 11.6 Å². The highest BCUT2D eigenvalue weighted by Gasteiger charge is 2.35. The Hall–Kier alpha value is -2.44. The van der Waals surface area contributed by atoms with Gasteiger partial charge in [-0.25, -0.2) is 18.6 Å². The molecule has 7 heteroatoms. The lowest BCUT2D eigenvalue weighted by atomic mass is 9.94. The van der Waals surface area contributed by atoms with E-state index in [1.54, 1.807) is 18.9 Å². The van der Waals surface area contributed by atoms with Crippen molar-refractivity contribution in [3.05, 3.63) is 46.7 Å². The largest absolute Gasteiger partial charge is 0.468 e. The average Bonchev–Trinajstić information content (AvgIpc) is 2.50. The van der Waals surface area contributed by atoms with Crippen molar-refractivity contribution in [2.24, 2.45) is 4.99 Å². The molecule has 0 saturated carbocycles. The summed E-state index contributed by atoms with van der Waals surface area (Å²) in [6.07, 6.45) is 0. The minimum atomic E-state index is -0.991. The summed E-state index contributed by atoms with van der Waals surface area (Å²) in [7, 11) is 4.33. The summed E-state index contributed by atoms with van der Waals surface area (Å²) < 4.78 is 36.7. The molecule has 0 fully saturated rings. The zero-order valence-electron chi connectivity index (χ0n) is 12.7. The highest BCUT2D eigenvalue weighted by molar-refractivity contribution is 5.94. The number of nitrogens with zero attached hydrogens (tertiary/aromatic N) is 2. The van der Waals surface area contributed by atoms with E-state index in [9.17, 15) is 13.6 Å². The maximum absolute atomic E-state index is 13.6. The lowest BCUT2D eigenvalue weighted by Crippen LogP contribution is -2.38. The van der Waals surface area contributed by atoms with Gasteiger partial charge in [0.25, 0.3) is 6.02 Å². The summed E-state index contributed by atoms with van der Waals surface area (Å²) in [6.45, 7) is 1.63. The van der Waals surface area contributed by atoms with Crippen LogP contribution in [0.5, 0.6) is 0 Å². The number of esters is 1. The molecule has 0 aliphatic carbocycles. The van der Waals surface area contributed by atoms with Crippen molar-refractivity contribution in [2.45, 2.75) is 13.0 Å². The first-order valence-electron chi connectivity index (χ1n) is 6.50. The highest BCUT2D eigenvalue weighted by atomic mass is 19.2. The molecule has 118 valence electrons. The first-order chi connectivity index (χ1) is 10.4. The molecule has 1 heterocycles. The Morgan fingerprint density at radius 3 is 2.50 bits per heavy atom. The molecule has 22 heavy (non-hydrogen) atoms. The molecule has 0 spiro atoms. The number of aliphatic imine (C=N–C) groups is 1. The maximum Gasteiger partial charge on any atom is 0.338 e. The van der Waals surface area contributed by atoms with Crippen LogP contribution in [0.3, 0.4) is 0 Å². The highest BCUT2D eigenvalue weighted by Crippen LogP contribution is 2.35. The smallest absolute Gasteiger partial charge is 0.338 e.